The minimum absolute atomic E-state index is 0.605. The SMILES string of the molecule is c1ccc(-c2nc(-c3ccc(-n4c5ccccc5c5ccc6c7ccc8c9ccccc9n(-c9ccccc9)c8c7oc6c54)cc3)nc(-c3ccccc3-c3ccccc3)n2)cc1. The maximum absolute atomic E-state index is 7.24. The first-order chi connectivity index (χ1) is 31.3. The fourth-order valence-electron chi connectivity index (χ4n) is 9.55. The van der Waals surface area contributed by atoms with Crippen LogP contribution in [-0.4, -0.2) is 24.1 Å². The summed E-state index contributed by atoms with van der Waals surface area (Å²) < 4.78 is 11.9. The summed E-state index contributed by atoms with van der Waals surface area (Å²) >= 11 is 0. The molecule has 0 saturated carbocycles. The summed E-state index contributed by atoms with van der Waals surface area (Å²) in [5, 5.41) is 6.81. The smallest absolute Gasteiger partial charge is 0.164 e. The molecule has 0 radical (unpaired) electrons. The Morgan fingerprint density at radius 2 is 0.698 bits per heavy atom. The van der Waals surface area contributed by atoms with Crippen LogP contribution < -0.4 is 0 Å². The molecule has 294 valence electrons. The third-order valence-electron chi connectivity index (χ3n) is 12.4. The molecular weight excluding hydrogens is 771 g/mol. The summed E-state index contributed by atoms with van der Waals surface area (Å²) in [6, 6.07) is 74.2. The second-order valence-electron chi connectivity index (χ2n) is 16.0. The van der Waals surface area contributed by atoms with E-state index in [-0.39, 0.29) is 0 Å². The molecule has 0 amide bonds. The number of benzene rings is 9. The maximum Gasteiger partial charge on any atom is 0.164 e. The molecule has 0 aliphatic carbocycles. The van der Waals surface area contributed by atoms with E-state index in [0.717, 1.165) is 99.4 Å². The lowest BCUT2D eigenvalue weighted by atomic mass is 9.99. The minimum Gasteiger partial charge on any atom is -0.452 e. The molecule has 0 atom stereocenters. The molecular formula is C57H35N5O. The Labute approximate surface area is 361 Å². The number of hydrogen-bond donors (Lipinski definition) is 0. The van der Waals surface area contributed by atoms with Crippen LogP contribution in [0.15, 0.2) is 217 Å². The van der Waals surface area contributed by atoms with E-state index in [4.69, 9.17) is 19.4 Å². The Balaban J connectivity index is 1.01. The van der Waals surface area contributed by atoms with Crippen LogP contribution in [0.1, 0.15) is 0 Å². The van der Waals surface area contributed by atoms with Gasteiger partial charge >= 0.3 is 0 Å². The predicted octanol–water partition coefficient (Wildman–Crippen LogP) is 14.6. The van der Waals surface area contributed by atoms with Gasteiger partial charge in [0.15, 0.2) is 28.6 Å². The van der Waals surface area contributed by atoms with E-state index in [0.29, 0.717) is 17.5 Å². The average Bonchev–Trinajstić information content (AvgIpc) is 4.03. The van der Waals surface area contributed by atoms with Gasteiger partial charge in [-0.25, -0.2) is 15.0 Å². The topological polar surface area (TPSA) is 61.7 Å². The number of furan rings is 1. The van der Waals surface area contributed by atoms with E-state index >= 15 is 0 Å². The first-order valence-corrected chi connectivity index (χ1v) is 21.2. The van der Waals surface area contributed by atoms with Gasteiger partial charge in [-0.15, -0.1) is 0 Å². The molecule has 9 aromatic carbocycles. The number of para-hydroxylation sites is 3. The van der Waals surface area contributed by atoms with Crippen molar-refractivity contribution < 1.29 is 4.42 Å². The molecule has 13 rings (SSSR count). The van der Waals surface area contributed by atoms with Gasteiger partial charge in [-0.1, -0.05) is 152 Å². The number of nitrogens with zero attached hydrogens (tertiary/aromatic N) is 5. The highest BCUT2D eigenvalue weighted by atomic mass is 16.3. The maximum atomic E-state index is 7.24. The Morgan fingerprint density at radius 3 is 1.27 bits per heavy atom. The second-order valence-corrected chi connectivity index (χ2v) is 16.0. The summed E-state index contributed by atoms with van der Waals surface area (Å²) in [4.78, 5) is 15.3. The van der Waals surface area contributed by atoms with Crippen molar-refractivity contribution in [1.29, 1.82) is 0 Å². The van der Waals surface area contributed by atoms with E-state index in [1.165, 1.54) is 5.39 Å². The van der Waals surface area contributed by atoms with Gasteiger partial charge in [-0.3, -0.25) is 0 Å². The largest absolute Gasteiger partial charge is 0.452 e. The third-order valence-corrected chi connectivity index (χ3v) is 12.4. The van der Waals surface area contributed by atoms with E-state index in [2.05, 4.69) is 179 Å². The van der Waals surface area contributed by atoms with E-state index in [1.54, 1.807) is 0 Å². The molecule has 0 saturated heterocycles. The van der Waals surface area contributed by atoms with Crippen molar-refractivity contribution in [3.63, 3.8) is 0 Å². The number of aromatic nitrogens is 5. The van der Waals surface area contributed by atoms with Gasteiger partial charge in [0.25, 0.3) is 0 Å². The van der Waals surface area contributed by atoms with E-state index in [1.807, 2.05) is 42.5 Å². The molecule has 4 heterocycles. The zero-order chi connectivity index (χ0) is 41.4. The molecule has 0 aliphatic rings. The second kappa shape index (κ2) is 14.0. The van der Waals surface area contributed by atoms with E-state index < -0.39 is 0 Å². The van der Waals surface area contributed by atoms with Gasteiger partial charge < -0.3 is 13.6 Å². The Kier molecular flexibility index (Phi) is 7.80. The zero-order valence-corrected chi connectivity index (χ0v) is 33.9. The molecule has 0 unspecified atom stereocenters. The first kappa shape index (κ1) is 35.2. The first-order valence-electron chi connectivity index (χ1n) is 21.2. The monoisotopic (exact) mass is 805 g/mol. The Bertz CT molecular complexity index is 3890. The summed E-state index contributed by atoms with van der Waals surface area (Å²) in [7, 11) is 0. The van der Waals surface area contributed by atoms with Crippen LogP contribution in [-0.2, 0) is 0 Å². The lowest BCUT2D eigenvalue weighted by Gasteiger charge is -2.13. The molecule has 13 aromatic rings. The van der Waals surface area contributed by atoms with Crippen LogP contribution >= 0.6 is 0 Å². The average molecular weight is 806 g/mol. The summed E-state index contributed by atoms with van der Waals surface area (Å²) in [6.45, 7) is 0. The summed E-state index contributed by atoms with van der Waals surface area (Å²) in [5.74, 6) is 1.85. The molecule has 0 spiro atoms. The van der Waals surface area contributed by atoms with Crippen LogP contribution in [0, 0.1) is 0 Å². The number of hydrogen-bond acceptors (Lipinski definition) is 4. The predicted molar refractivity (Wildman–Crippen MR) is 258 cm³/mol. The van der Waals surface area contributed by atoms with Crippen molar-refractivity contribution >= 4 is 65.6 Å². The van der Waals surface area contributed by atoms with Gasteiger partial charge in [0.05, 0.1) is 22.1 Å². The van der Waals surface area contributed by atoms with Crippen molar-refractivity contribution in [3.05, 3.63) is 212 Å². The van der Waals surface area contributed by atoms with Crippen molar-refractivity contribution in [2.24, 2.45) is 0 Å². The Hall–Kier alpha value is -8.61. The van der Waals surface area contributed by atoms with Crippen LogP contribution in [0.25, 0.3) is 122 Å². The fourth-order valence-corrected chi connectivity index (χ4v) is 9.55. The third kappa shape index (κ3) is 5.48. The minimum atomic E-state index is 0.605. The normalized spacial score (nSPS) is 11.8. The van der Waals surface area contributed by atoms with Crippen LogP contribution in [0.2, 0.25) is 0 Å². The summed E-state index contributed by atoms with van der Waals surface area (Å²) in [6.07, 6.45) is 0. The van der Waals surface area contributed by atoms with Gasteiger partial charge in [0.1, 0.15) is 0 Å². The molecule has 0 N–H and O–H groups in total. The zero-order valence-electron chi connectivity index (χ0n) is 33.9. The molecule has 0 bridgehead atoms. The molecule has 4 aromatic heterocycles. The highest BCUT2D eigenvalue weighted by molar-refractivity contribution is 6.26. The highest BCUT2D eigenvalue weighted by Gasteiger charge is 2.23. The Morgan fingerprint density at radius 1 is 0.286 bits per heavy atom. The van der Waals surface area contributed by atoms with Crippen molar-refractivity contribution in [2.75, 3.05) is 0 Å². The van der Waals surface area contributed by atoms with Gasteiger partial charge in [0.2, 0.25) is 0 Å². The fraction of sp³-hybridized carbons (Fsp3) is 0. The lowest BCUT2D eigenvalue weighted by Crippen LogP contribution is -2.01. The van der Waals surface area contributed by atoms with E-state index in [9.17, 15) is 0 Å². The number of rotatable bonds is 6. The van der Waals surface area contributed by atoms with Crippen molar-refractivity contribution in [1.82, 2.24) is 24.1 Å². The number of fused-ring (bicyclic) bond motifs is 11. The molecule has 0 fully saturated rings. The van der Waals surface area contributed by atoms with Crippen LogP contribution in [0.3, 0.4) is 0 Å². The van der Waals surface area contributed by atoms with Crippen LogP contribution in [0.4, 0.5) is 0 Å². The lowest BCUT2D eigenvalue weighted by molar-refractivity contribution is 0.673. The molecule has 0 aliphatic heterocycles. The molecule has 6 nitrogen and oxygen atoms in total. The van der Waals surface area contributed by atoms with Gasteiger partial charge in [-0.2, -0.15) is 0 Å². The quantitative estimate of drug-likeness (QED) is 0.168. The van der Waals surface area contributed by atoms with Crippen LogP contribution in [0.5, 0.6) is 0 Å². The standard InChI is InChI=1S/C57H35N5O/c1-4-16-36(17-5-1)41-22-10-11-25-48(41)57-59-55(37-18-6-2-7-19-37)58-56(60-57)38-28-30-40(31-29-38)62-50-27-15-13-24-43(50)45-33-35-47-46-34-32-44-42-23-12-14-26-49(42)61(39-20-8-3-9-21-39)51(44)53(46)63-54(47)52(45)62/h1-35H. The van der Waals surface area contributed by atoms with Gasteiger partial charge in [-0.05, 0) is 71.8 Å². The molecule has 6 heteroatoms. The summed E-state index contributed by atoms with van der Waals surface area (Å²) in [5.41, 5.74) is 13.1. The van der Waals surface area contributed by atoms with Crippen molar-refractivity contribution in [3.8, 4) is 56.7 Å². The molecule has 63 heavy (non-hydrogen) atoms. The van der Waals surface area contributed by atoms with Crippen molar-refractivity contribution in [2.45, 2.75) is 0 Å². The van der Waals surface area contributed by atoms with Gasteiger partial charge in [0, 0.05) is 60.4 Å². The highest BCUT2D eigenvalue weighted by Crippen LogP contribution is 2.44.